The third-order valence-electron chi connectivity index (χ3n) is 3.18. The zero-order valence-corrected chi connectivity index (χ0v) is 11.0. The first-order chi connectivity index (χ1) is 6.94. The van der Waals surface area contributed by atoms with Crippen LogP contribution in [0, 0.1) is 5.41 Å². The Kier molecular flexibility index (Phi) is 2.68. The first-order valence-electron chi connectivity index (χ1n) is 4.88. The van der Waals surface area contributed by atoms with Gasteiger partial charge in [0.15, 0.2) is 5.78 Å². The van der Waals surface area contributed by atoms with E-state index in [1.807, 2.05) is 38.1 Å². The van der Waals surface area contributed by atoms with Crippen LogP contribution in [-0.4, -0.2) is 10.6 Å². The van der Waals surface area contributed by atoms with Gasteiger partial charge in [0.25, 0.3) is 0 Å². The number of carbonyl (C=O) groups is 1. The van der Waals surface area contributed by atoms with Gasteiger partial charge in [0.1, 0.15) is 0 Å². The molecule has 1 saturated carbocycles. The lowest BCUT2D eigenvalue weighted by Crippen LogP contribution is -2.53. The van der Waals surface area contributed by atoms with Crippen LogP contribution < -0.4 is 0 Å². The van der Waals surface area contributed by atoms with E-state index >= 15 is 0 Å². The van der Waals surface area contributed by atoms with Crippen molar-refractivity contribution in [3.63, 3.8) is 0 Å². The standard InChI is InChI=1S/C12H12BrClO/c1-12(2)9(10(13)11(12)15)7-3-5-8(14)6-4-7/h3-6,9-10H,1-2H3. The van der Waals surface area contributed by atoms with E-state index in [1.165, 1.54) is 5.56 Å². The van der Waals surface area contributed by atoms with Gasteiger partial charge in [-0.2, -0.15) is 0 Å². The van der Waals surface area contributed by atoms with Crippen LogP contribution in [0.15, 0.2) is 24.3 Å². The van der Waals surface area contributed by atoms with Crippen LogP contribution in [0.4, 0.5) is 0 Å². The smallest absolute Gasteiger partial charge is 0.153 e. The van der Waals surface area contributed by atoms with E-state index in [-0.39, 0.29) is 21.9 Å². The molecule has 0 aliphatic heterocycles. The molecular formula is C12H12BrClO. The van der Waals surface area contributed by atoms with Gasteiger partial charge in [-0.1, -0.05) is 53.5 Å². The zero-order valence-electron chi connectivity index (χ0n) is 8.63. The van der Waals surface area contributed by atoms with Gasteiger partial charge in [-0.3, -0.25) is 4.79 Å². The van der Waals surface area contributed by atoms with Crippen molar-refractivity contribution in [3.05, 3.63) is 34.9 Å². The fourth-order valence-electron chi connectivity index (χ4n) is 2.19. The van der Waals surface area contributed by atoms with Crippen LogP contribution in [0.25, 0.3) is 0 Å². The lowest BCUT2D eigenvalue weighted by Gasteiger charge is -2.47. The maximum absolute atomic E-state index is 11.7. The monoisotopic (exact) mass is 286 g/mol. The molecule has 1 aromatic rings. The molecule has 0 aromatic heterocycles. The Balaban J connectivity index is 2.33. The minimum atomic E-state index is -0.262. The van der Waals surface area contributed by atoms with E-state index in [1.54, 1.807) is 0 Å². The number of halogens is 2. The summed E-state index contributed by atoms with van der Waals surface area (Å²) in [5.41, 5.74) is 0.910. The third-order valence-corrected chi connectivity index (χ3v) is 4.38. The maximum atomic E-state index is 11.7. The molecule has 0 bridgehead atoms. The van der Waals surface area contributed by atoms with E-state index in [4.69, 9.17) is 11.6 Å². The summed E-state index contributed by atoms with van der Waals surface area (Å²) in [5, 5.41) is 0.730. The average Bonchev–Trinajstić information content (AvgIpc) is 2.20. The van der Waals surface area contributed by atoms with Crippen molar-refractivity contribution in [2.75, 3.05) is 0 Å². The van der Waals surface area contributed by atoms with Crippen molar-refractivity contribution in [1.82, 2.24) is 0 Å². The van der Waals surface area contributed by atoms with E-state index in [2.05, 4.69) is 15.9 Å². The lowest BCUT2D eigenvalue weighted by atomic mass is 9.59. The predicted octanol–water partition coefficient (Wildman–Crippen LogP) is 3.80. The van der Waals surface area contributed by atoms with Crippen LogP contribution >= 0.6 is 27.5 Å². The Morgan fingerprint density at radius 1 is 1.27 bits per heavy atom. The summed E-state index contributed by atoms with van der Waals surface area (Å²) >= 11 is 9.28. The van der Waals surface area contributed by atoms with Crippen molar-refractivity contribution in [3.8, 4) is 0 Å². The molecule has 2 unspecified atom stereocenters. The van der Waals surface area contributed by atoms with E-state index in [9.17, 15) is 4.79 Å². The van der Waals surface area contributed by atoms with E-state index < -0.39 is 0 Å². The Morgan fingerprint density at radius 2 is 1.80 bits per heavy atom. The molecule has 3 heteroatoms. The number of rotatable bonds is 1. The predicted molar refractivity (Wildman–Crippen MR) is 65.7 cm³/mol. The molecular weight excluding hydrogens is 275 g/mol. The molecule has 80 valence electrons. The number of hydrogen-bond acceptors (Lipinski definition) is 1. The van der Waals surface area contributed by atoms with Crippen LogP contribution in [0.1, 0.15) is 25.3 Å². The topological polar surface area (TPSA) is 17.1 Å². The van der Waals surface area contributed by atoms with Crippen molar-refractivity contribution >= 4 is 33.3 Å². The van der Waals surface area contributed by atoms with Crippen molar-refractivity contribution < 1.29 is 4.79 Å². The fraction of sp³-hybridized carbons (Fsp3) is 0.417. The van der Waals surface area contributed by atoms with Gasteiger partial charge in [0.05, 0.1) is 4.83 Å². The van der Waals surface area contributed by atoms with Gasteiger partial charge in [0, 0.05) is 16.4 Å². The Morgan fingerprint density at radius 3 is 2.27 bits per heavy atom. The molecule has 0 saturated heterocycles. The van der Waals surface area contributed by atoms with Crippen LogP contribution in [0.3, 0.4) is 0 Å². The summed E-state index contributed by atoms with van der Waals surface area (Å²) in [6.45, 7) is 3.98. The first kappa shape index (κ1) is 11.2. The SMILES string of the molecule is CC1(C)C(=O)C(Br)C1c1ccc(Cl)cc1. The molecule has 2 rings (SSSR count). The summed E-state index contributed by atoms with van der Waals surface area (Å²) in [5.74, 6) is 0.532. The second-order valence-corrected chi connectivity index (χ2v) is 5.94. The second kappa shape index (κ2) is 3.60. The van der Waals surface area contributed by atoms with Gasteiger partial charge in [-0.15, -0.1) is 0 Å². The van der Waals surface area contributed by atoms with Crippen LogP contribution in [0.5, 0.6) is 0 Å². The molecule has 15 heavy (non-hydrogen) atoms. The Bertz CT molecular complexity index is 397. The maximum Gasteiger partial charge on any atom is 0.153 e. The molecule has 1 aliphatic rings. The van der Waals surface area contributed by atoms with Gasteiger partial charge in [-0.05, 0) is 17.7 Å². The number of hydrogen-bond donors (Lipinski definition) is 0. The van der Waals surface area contributed by atoms with Crippen LogP contribution in [-0.2, 0) is 4.79 Å². The first-order valence-corrected chi connectivity index (χ1v) is 6.18. The fourth-order valence-corrected chi connectivity index (χ4v) is 3.87. The highest BCUT2D eigenvalue weighted by Gasteiger charge is 2.55. The van der Waals surface area contributed by atoms with Gasteiger partial charge < -0.3 is 0 Å². The molecule has 2 atom stereocenters. The summed E-state index contributed by atoms with van der Waals surface area (Å²) in [7, 11) is 0. The number of Topliss-reactive ketones (excluding diaryl/α,β-unsaturated/α-hetero) is 1. The number of benzene rings is 1. The summed E-state index contributed by atoms with van der Waals surface area (Å²) in [6, 6.07) is 7.73. The third kappa shape index (κ3) is 1.64. The second-order valence-electron chi connectivity index (χ2n) is 4.52. The molecule has 0 radical (unpaired) electrons. The highest BCUT2D eigenvalue weighted by atomic mass is 79.9. The number of ketones is 1. The zero-order chi connectivity index (χ0) is 11.2. The molecule has 0 heterocycles. The van der Waals surface area contributed by atoms with E-state index in [0.717, 1.165) is 5.02 Å². The summed E-state index contributed by atoms with van der Waals surface area (Å²) in [6.07, 6.45) is 0. The summed E-state index contributed by atoms with van der Waals surface area (Å²) in [4.78, 5) is 11.6. The normalized spacial score (nSPS) is 28.7. The molecule has 1 fully saturated rings. The van der Waals surface area contributed by atoms with Crippen molar-refractivity contribution in [2.24, 2.45) is 5.41 Å². The van der Waals surface area contributed by atoms with E-state index in [0.29, 0.717) is 0 Å². The Hall–Kier alpha value is -0.340. The largest absolute Gasteiger partial charge is 0.298 e. The average molecular weight is 288 g/mol. The number of alkyl halides is 1. The quantitative estimate of drug-likeness (QED) is 0.718. The molecule has 0 spiro atoms. The van der Waals surface area contributed by atoms with Gasteiger partial charge in [-0.25, -0.2) is 0 Å². The van der Waals surface area contributed by atoms with Gasteiger partial charge in [0.2, 0.25) is 0 Å². The number of carbonyl (C=O) groups excluding carboxylic acids is 1. The molecule has 1 aromatic carbocycles. The molecule has 1 aliphatic carbocycles. The van der Waals surface area contributed by atoms with Crippen LogP contribution in [0.2, 0.25) is 5.02 Å². The van der Waals surface area contributed by atoms with Crippen molar-refractivity contribution in [1.29, 1.82) is 0 Å². The highest BCUT2D eigenvalue weighted by Crippen LogP contribution is 2.52. The highest BCUT2D eigenvalue weighted by molar-refractivity contribution is 9.10. The van der Waals surface area contributed by atoms with Gasteiger partial charge >= 0.3 is 0 Å². The van der Waals surface area contributed by atoms with Crippen molar-refractivity contribution in [2.45, 2.75) is 24.6 Å². The molecule has 1 nitrogen and oxygen atoms in total. The summed E-state index contributed by atoms with van der Waals surface area (Å²) < 4.78 is 0. The molecule has 0 amide bonds. The lowest BCUT2D eigenvalue weighted by molar-refractivity contribution is -0.136. The Labute approximate surface area is 103 Å². The minimum Gasteiger partial charge on any atom is -0.298 e. The molecule has 0 N–H and O–H groups in total. The minimum absolute atomic E-state index is 0.0475.